The third-order valence-corrected chi connectivity index (χ3v) is 3.42. The number of ether oxygens (including phenoxy) is 1. The number of hydrogen-bond acceptors (Lipinski definition) is 4. The Hall–Kier alpha value is -1.36. The van der Waals surface area contributed by atoms with Gasteiger partial charge < -0.3 is 4.74 Å². The van der Waals surface area contributed by atoms with E-state index in [0.717, 1.165) is 23.5 Å². The summed E-state index contributed by atoms with van der Waals surface area (Å²) in [5.74, 6) is -0.145. The molecule has 0 spiro atoms. The summed E-state index contributed by atoms with van der Waals surface area (Å²) >= 11 is 1.64. The average molecular weight is 238 g/mol. The third-order valence-electron chi connectivity index (χ3n) is 2.53. The van der Waals surface area contributed by atoms with Crippen molar-refractivity contribution < 1.29 is 9.53 Å². The first-order chi connectivity index (χ1) is 7.72. The van der Waals surface area contributed by atoms with Crippen LogP contribution < -0.4 is 0 Å². The van der Waals surface area contributed by atoms with Crippen molar-refractivity contribution in [1.29, 1.82) is 0 Å². The van der Waals surface area contributed by atoms with Gasteiger partial charge in [0.1, 0.15) is 0 Å². The number of rotatable bonds is 4. The zero-order valence-electron chi connectivity index (χ0n) is 9.40. The zero-order chi connectivity index (χ0) is 11.5. The number of thiazole rings is 1. The Labute approximate surface area is 97.9 Å². The first-order valence-electron chi connectivity index (χ1n) is 5.19. The maximum atomic E-state index is 11.0. The SMILES string of the molecule is COC(=O)CCCc1csc2ncc(C)n12. The van der Waals surface area contributed by atoms with Gasteiger partial charge in [-0.25, -0.2) is 4.98 Å². The van der Waals surface area contributed by atoms with Crippen molar-refractivity contribution in [2.75, 3.05) is 7.11 Å². The van der Waals surface area contributed by atoms with E-state index < -0.39 is 0 Å². The Bertz CT molecular complexity index is 501. The number of esters is 1. The van der Waals surface area contributed by atoms with Gasteiger partial charge in [-0.3, -0.25) is 9.20 Å². The molecular weight excluding hydrogens is 224 g/mol. The Morgan fingerprint density at radius 2 is 2.44 bits per heavy atom. The van der Waals surface area contributed by atoms with Crippen LogP contribution >= 0.6 is 11.3 Å². The fraction of sp³-hybridized carbons (Fsp3) is 0.455. The van der Waals surface area contributed by atoms with Gasteiger partial charge in [-0.1, -0.05) is 0 Å². The van der Waals surface area contributed by atoms with E-state index in [1.54, 1.807) is 11.3 Å². The summed E-state index contributed by atoms with van der Waals surface area (Å²) in [5, 5.41) is 2.10. The van der Waals surface area contributed by atoms with Gasteiger partial charge in [0.25, 0.3) is 0 Å². The Kier molecular flexibility index (Phi) is 3.24. The highest BCUT2D eigenvalue weighted by molar-refractivity contribution is 7.15. The van der Waals surface area contributed by atoms with E-state index in [9.17, 15) is 4.79 Å². The molecule has 4 nitrogen and oxygen atoms in total. The average Bonchev–Trinajstić information content (AvgIpc) is 2.83. The van der Waals surface area contributed by atoms with Gasteiger partial charge in [0, 0.05) is 29.4 Å². The van der Waals surface area contributed by atoms with Crippen LogP contribution in [0, 0.1) is 6.92 Å². The molecule has 0 unspecified atom stereocenters. The second-order valence-corrected chi connectivity index (χ2v) is 4.51. The van der Waals surface area contributed by atoms with Crippen LogP contribution in [0.25, 0.3) is 4.96 Å². The first-order valence-corrected chi connectivity index (χ1v) is 6.07. The van der Waals surface area contributed by atoms with Crippen LogP contribution in [-0.2, 0) is 16.0 Å². The fourth-order valence-electron chi connectivity index (χ4n) is 1.71. The normalized spacial score (nSPS) is 10.9. The molecule has 0 atom stereocenters. The molecule has 5 heteroatoms. The zero-order valence-corrected chi connectivity index (χ0v) is 10.2. The number of carbonyl (C=O) groups excluding carboxylic acids is 1. The van der Waals surface area contributed by atoms with Crippen molar-refractivity contribution in [3.8, 4) is 0 Å². The molecule has 2 aromatic rings. The third kappa shape index (κ3) is 2.09. The predicted octanol–water partition coefficient (Wildman–Crippen LogP) is 2.20. The lowest BCUT2D eigenvalue weighted by Crippen LogP contribution is -2.01. The summed E-state index contributed by atoms with van der Waals surface area (Å²) in [6, 6.07) is 0. The molecule has 0 radical (unpaired) electrons. The smallest absolute Gasteiger partial charge is 0.305 e. The van der Waals surface area contributed by atoms with Crippen LogP contribution in [0.3, 0.4) is 0 Å². The summed E-state index contributed by atoms with van der Waals surface area (Å²) in [5.41, 5.74) is 2.36. The maximum Gasteiger partial charge on any atom is 0.305 e. The summed E-state index contributed by atoms with van der Waals surface area (Å²) in [6.07, 6.45) is 4.04. The van der Waals surface area contributed by atoms with Crippen molar-refractivity contribution in [3.63, 3.8) is 0 Å². The molecule has 0 aliphatic rings. The number of methoxy groups -OCH3 is 1. The number of aryl methyl sites for hydroxylation is 2. The van der Waals surface area contributed by atoms with E-state index in [2.05, 4.69) is 19.5 Å². The molecule has 0 saturated heterocycles. The van der Waals surface area contributed by atoms with Gasteiger partial charge in [-0.15, -0.1) is 11.3 Å². The highest BCUT2D eigenvalue weighted by Gasteiger charge is 2.08. The summed E-state index contributed by atoms with van der Waals surface area (Å²) in [6.45, 7) is 2.04. The minimum absolute atomic E-state index is 0.145. The molecule has 2 aromatic heterocycles. The van der Waals surface area contributed by atoms with Crippen LogP contribution in [0.1, 0.15) is 24.2 Å². The van der Waals surface area contributed by atoms with E-state index in [1.807, 2.05) is 13.1 Å². The topological polar surface area (TPSA) is 43.6 Å². The fourth-order valence-corrected chi connectivity index (χ4v) is 2.65. The van der Waals surface area contributed by atoms with Crippen molar-refractivity contribution in [2.45, 2.75) is 26.2 Å². The standard InChI is InChI=1S/C11H14N2O2S/c1-8-6-12-11-13(8)9(7-16-11)4-3-5-10(14)15-2/h6-7H,3-5H2,1-2H3. The maximum absolute atomic E-state index is 11.0. The molecule has 86 valence electrons. The molecule has 0 aromatic carbocycles. The molecule has 0 bridgehead atoms. The van der Waals surface area contributed by atoms with Crippen molar-refractivity contribution in [1.82, 2.24) is 9.38 Å². The lowest BCUT2D eigenvalue weighted by Gasteiger charge is -2.01. The lowest BCUT2D eigenvalue weighted by molar-refractivity contribution is -0.140. The molecule has 0 N–H and O–H groups in total. The number of hydrogen-bond donors (Lipinski definition) is 0. The quantitative estimate of drug-likeness (QED) is 0.767. The first kappa shape index (κ1) is 11.1. The molecular formula is C11H14N2O2S. The van der Waals surface area contributed by atoms with Crippen LogP contribution in [0.4, 0.5) is 0 Å². The minimum Gasteiger partial charge on any atom is -0.469 e. The molecule has 2 heterocycles. The number of aromatic nitrogens is 2. The lowest BCUT2D eigenvalue weighted by atomic mass is 10.2. The predicted molar refractivity (Wildman–Crippen MR) is 62.8 cm³/mol. The van der Waals surface area contributed by atoms with Crippen molar-refractivity contribution in [3.05, 3.63) is 23.0 Å². The van der Waals surface area contributed by atoms with Gasteiger partial charge in [0.2, 0.25) is 0 Å². The number of carbonyl (C=O) groups is 1. The van der Waals surface area contributed by atoms with Gasteiger partial charge in [-0.2, -0.15) is 0 Å². The van der Waals surface area contributed by atoms with E-state index >= 15 is 0 Å². The number of imidazole rings is 1. The van der Waals surface area contributed by atoms with E-state index in [1.165, 1.54) is 12.8 Å². The molecule has 16 heavy (non-hydrogen) atoms. The second kappa shape index (κ2) is 4.65. The van der Waals surface area contributed by atoms with Crippen LogP contribution in [0.15, 0.2) is 11.6 Å². The van der Waals surface area contributed by atoms with Crippen LogP contribution in [0.2, 0.25) is 0 Å². The summed E-state index contributed by atoms with van der Waals surface area (Å²) in [4.78, 5) is 16.3. The molecule has 2 rings (SSSR count). The van der Waals surface area contributed by atoms with E-state index in [0.29, 0.717) is 6.42 Å². The molecule has 0 amide bonds. The molecule has 0 aliphatic carbocycles. The highest BCUT2D eigenvalue weighted by Crippen LogP contribution is 2.19. The molecule has 0 aliphatic heterocycles. The van der Waals surface area contributed by atoms with Gasteiger partial charge >= 0.3 is 5.97 Å². The highest BCUT2D eigenvalue weighted by atomic mass is 32.1. The van der Waals surface area contributed by atoms with Crippen LogP contribution in [0.5, 0.6) is 0 Å². The molecule has 0 fully saturated rings. The van der Waals surface area contributed by atoms with Gasteiger partial charge in [0.05, 0.1) is 7.11 Å². The van der Waals surface area contributed by atoms with E-state index in [-0.39, 0.29) is 5.97 Å². The van der Waals surface area contributed by atoms with Crippen molar-refractivity contribution in [2.24, 2.45) is 0 Å². The van der Waals surface area contributed by atoms with Crippen molar-refractivity contribution >= 4 is 22.3 Å². The summed E-state index contributed by atoms with van der Waals surface area (Å²) < 4.78 is 6.75. The van der Waals surface area contributed by atoms with Gasteiger partial charge in [0.15, 0.2) is 4.96 Å². The Morgan fingerprint density at radius 1 is 1.62 bits per heavy atom. The largest absolute Gasteiger partial charge is 0.469 e. The number of fused-ring (bicyclic) bond motifs is 1. The monoisotopic (exact) mass is 238 g/mol. The van der Waals surface area contributed by atoms with Crippen LogP contribution in [-0.4, -0.2) is 22.5 Å². The minimum atomic E-state index is -0.145. The Morgan fingerprint density at radius 3 is 3.19 bits per heavy atom. The van der Waals surface area contributed by atoms with E-state index in [4.69, 9.17) is 0 Å². The number of nitrogens with zero attached hydrogens (tertiary/aromatic N) is 2. The molecule has 0 saturated carbocycles. The summed E-state index contributed by atoms with van der Waals surface area (Å²) in [7, 11) is 1.42. The Balaban J connectivity index is 2.04. The van der Waals surface area contributed by atoms with Gasteiger partial charge in [-0.05, 0) is 19.8 Å². The second-order valence-electron chi connectivity index (χ2n) is 3.67.